The van der Waals surface area contributed by atoms with Crippen molar-refractivity contribution in [3.8, 4) is 0 Å². The molecule has 0 aliphatic rings. The number of rotatable bonds is 6. The average Bonchev–Trinajstić information content (AvgIpc) is 2.26. The van der Waals surface area contributed by atoms with Gasteiger partial charge in [-0.25, -0.2) is 0 Å². The number of halogens is 4. The summed E-state index contributed by atoms with van der Waals surface area (Å²) in [6, 6.07) is 6.98. The molecular weight excluding hydrogens is 269 g/mol. The van der Waals surface area contributed by atoms with Crippen LogP contribution in [0.3, 0.4) is 0 Å². The Labute approximate surface area is 108 Å². The van der Waals surface area contributed by atoms with E-state index in [1.54, 1.807) is 24.3 Å². The minimum absolute atomic E-state index is 0.136. The molecule has 1 aromatic rings. The molecule has 1 aromatic carbocycles. The standard InChI is InChI=1S/C12H14ClF3O2/c13-11-3-1-2-9(5-11)4-10(6-17)7-18-8-12(14,15)16/h1-3,5,10,17H,4,6-8H2. The molecule has 0 saturated carbocycles. The van der Waals surface area contributed by atoms with E-state index in [9.17, 15) is 13.2 Å². The van der Waals surface area contributed by atoms with Crippen LogP contribution in [0.25, 0.3) is 0 Å². The molecule has 0 aliphatic carbocycles. The van der Waals surface area contributed by atoms with Gasteiger partial charge in [-0.15, -0.1) is 0 Å². The lowest BCUT2D eigenvalue weighted by atomic mass is 10.0. The van der Waals surface area contributed by atoms with Gasteiger partial charge in [0.2, 0.25) is 0 Å². The fourth-order valence-corrected chi connectivity index (χ4v) is 1.73. The van der Waals surface area contributed by atoms with E-state index >= 15 is 0 Å². The van der Waals surface area contributed by atoms with E-state index < -0.39 is 12.8 Å². The molecule has 0 radical (unpaired) electrons. The smallest absolute Gasteiger partial charge is 0.396 e. The van der Waals surface area contributed by atoms with Gasteiger partial charge in [-0.05, 0) is 24.1 Å². The van der Waals surface area contributed by atoms with Crippen molar-refractivity contribution >= 4 is 11.6 Å². The van der Waals surface area contributed by atoms with Gasteiger partial charge in [0.25, 0.3) is 0 Å². The van der Waals surface area contributed by atoms with Crippen LogP contribution < -0.4 is 0 Å². The third kappa shape index (κ3) is 6.23. The molecule has 0 fully saturated rings. The minimum Gasteiger partial charge on any atom is -0.396 e. The van der Waals surface area contributed by atoms with Crippen molar-refractivity contribution in [2.45, 2.75) is 12.6 Å². The monoisotopic (exact) mass is 282 g/mol. The Morgan fingerprint density at radius 2 is 2.06 bits per heavy atom. The van der Waals surface area contributed by atoms with Crippen molar-refractivity contribution < 1.29 is 23.0 Å². The van der Waals surface area contributed by atoms with Crippen LogP contribution >= 0.6 is 11.6 Å². The minimum atomic E-state index is -4.34. The maximum Gasteiger partial charge on any atom is 0.411 e. The van der Waals surface area contributed by atoms with Gasteiger partial charge in [-0.3, -0.25) is 0 Å². The summed E-state index contributed by atoms with van der Waals surface area (Å²) in [6.07, 6.45) is -3.91. The predicted octanol–water partition coefficient (Wildman–Crippen LogP) is 3.07. The van der Waals surface area contributed by atoms with Crippen molar-refractivity contribution in [2.75, 3.05) is 19.8 Å². The second-order valence-corrected chi connectivity index (χ2v) is 4.45. The Hall–Kier alpha value is -0.780. The highest BCUT2D eigenvalue weighted by molar-refractivity contribution is 6.30. The molecule has 0 amide bonds. The number of ether oxygens (including phenoxy) is 1. The lowest BCUT2D eigenvalue weighted by molar-refractivity contribution is -0.177. The average molecular weight is 283 g/mol. The highest BCUT2D eigenvalue weighted by Gasteiger charge is 2.27. The Morgan fingerprint density at radius 3 is 2.61 bits per heavy atom. The van der Waals surface area contributed by atoms with Crippen LogP contribution in [0.4, 0.5) is 13.2 Å². The zero-order chi connectivity index (χ0) is 13.6. The van der Waals surface area contributed by atoms with E-state index in [0.29, 0.717) is 11.4 Å². The molecule has 6 heteroatoms. The van der Waals surface area contributed by atoms with Crippen LogP contribution in [0.1, 0.15) is 5.56 Å². The van der Waals surface area contributed by atoms with E-state index in [4.69, 9.17) is 16.7 Å². The van der Waals surface area contributed by atoms with Crippen LogP contribution in [-0.4, -0.2) is 31.1 Å². The quantitative estimate of drug-likeness (QED) is 0.869. The number of aliphatic hydroxyl groups excluding tert-OH is 1. The summed E-state index contributed by atoms with van der Waals surface area (Å²) in [4.78, 5) is 0. The predicted molar refractivity (Wildman–Crippen MR) is 62.6 cm³/mol. The highest BCUT2D eigenvalue weighted by Crippen LogP contribution is 2.17. The zero-order valence-corrected chi connectivity index (χ0v) is 10.3. The van der Waals surface area contributed by atoms with Gasteiger partial charge < -0.3 is 9.84 Å². The molecule has 0 spiro atoms. The Balaban J connectivity index is 2.42. The summed E-state index contributed by atoms with van der Waals surface area (Å²) in [5, 5.41) is 9.65. The summed E-state index contributed by atoms with van der Waals surface area (Å²) >= 11 is 5.79. The van der Waals surface area contributed by atoms with E-state index in [1.807, 2.05) is 0 Å². The summed E-state index contributed by atoms with van der Waals surface area (Å²) in [5.41, 5.74) is 0.858. The van der Waals surface area contributed by atoms with Crippen LogP contribution in [-0.2, 0) is 11.2 Å². The van der Waals surface area contributed by atoms with Crippen LogP contribution in [0, 0.1) is 5.92 Å². The normalized spacial score (nSPS) is 13.6. The molecule has 1 N–H and O–H groups in total. The fraction of sp³-hybridized carbons (Fsp3) is 0.500. The van der Waals surface area contributed by atoms with Gasteiger partial charge in [0.1, 0.15) is 6.61 Å². The van der Waals surface area contributed by atoms with E-state index in [-0.39, 0.29) is 19.1 Å². The summed E-state index contributed by atoms with van der Waals surface area (Å²) in [6.45, 7) is -1.66. The van der Waals surface area contributed by atoms with Gasteiger partial charge >= 0.3 is 6.18 Å². The van der Waals surface area contributed by atoms with Gasteiger partial charge in [-0.2, -0.15) is 13.2 Å². The van der Waals surface area contributed by atoms with Gasteiger partial charge in [0, 0.05) is 17.5 Å². The van der Waals surface area contributed by atoms with Gasteiger partial charge in [-0.1, -0.05) is 23.7 Å². The molecular formula is C12H14ClF3O2. The van der Waals surface area contributed by atoms with E-state index in [1.165, 1.54) is 0 Å². The third-order valence-corrected chi connectivity index (χ3v) is 2.53. The molecule has 0 bridgehead atoms. The first-order valence-electron chi connectivity index (χ1n) is 5.40. The zero-order valence-electron chi connectivity index (χ0n) is 9.58. The lowest BCUT2D eigenvalue weighted by Gasteiger charge is -2.15. The van der Waals surface area contributed by atoms with E-state index in [0.717, 1.165) is 5.56 Å². The Bertz CT molecular complexity index is 369. The maximum absolute atomic E-state index is 11.9. The molecule has 0 aromatic heterocycles. The van der Waals surface area contributed by atoms with Crippen LogP contribution in [0.2, 0.25) is 5.02 Å². The molecule has 1 unspecified atom stereocenters. The van der Waals surface area contributed by atoms with Crippen molar-refractivity contribution in [3.63, 3.8) is 0 Å². The molecule has 0 saturated heterocycles. The topological polar surface area (TPSA) is 29.5 Å². The van der Waals surface area contributed by atoms with Crippen molar-refractivity contribution in [3.05, 3.63) is 34.9 Å². The molecule has 1 atom stereocenters. The molecule has 102 valence electrons. The van der Waals surface area contributed by atoms with Crippen LogP contribution in [0.5, 0.6) is 0 Å². The summed E-state index contributed by atoms with van der Waals surface area (Å²) in [7, 11) is 0. The van der Waals surface area contributed by atoms with Crippen LogP contribution in [0.15, 0.2) is 24.3 Å². The third-order valence-electron chi connectivity index (χ3n) is 2.29. The molecule has 0 aliphatic heterocycles. The van der Waals surface area contributed by atoms with Crippen molar-refractivity contribution in [1.82, 2.24) is 0 Å². The molecule has 1 rings (SSSR count). The number of hydrogen-bond donors (Lipinski definition) is 1. The fourth-order valence-electron chi connectivity index (χ4n) is 1.51. The van der Waals surface area contributed by atoms with Gasteiger partial charge in [0.15, 0.2) is 0 Å². The van der Waals surface area contributed by atoms with Crippen molar-refractivity contribution in [2.24, 2.45) is 5.92 Å². The first-order valence-corrected chi connectivity index (χ1v) is 5.78. The number of benzene rings is 1. The first kappa shape index (κ1) is 15.3. The molecule has 0 heterocycles. The van der Waals surface area contributed by atoms with Gasteiger partial charge in [0.05, 0.1) is 6.61 Å². The molecule has 2 nitrogen and oxygen atoms in total. The number of alkyl halides is 3. The van der Waals surface area contributed by atoms with Crippen molar-refractivity contribution in [1.29, 1.82) is 0 Å². The first-order chi connectivity index (χ1) is 8.40. The van der Waals surface area contributed by atoms with E-state index in [2.05, 4.69) is 4.74 Å². The maximum atomic E-state index is 11.9. The second kappa shape index (κ2) is 6.97. The Morgan fingerprint density at radius 1 is 1.33 bits per heavy atom. The summed E-state index contributed by atoms with van der Waals surface area (Å²) < 4.78 is 40.2. The molecule has 18 heavy (non-hydrogen) atoms. The second-order valence-electron chi connectivity index (χ2n) is 4.01. The largest absolute Gasteiger partial charge is 0.411 e. The number of hydrogen-bond acceptors (Lipinski definition) is 2. The highest BCUT2D eigenvalue weighted by atomic mass is 35.5. The lowest BCUT2D eigenvalue weighted by Crippen LogP contribution is -2.23. The SMILES string of the molecule is OCC(COCC(F)(F)F)Cc1cccc(Cl)c1. The summed E-state index contributed by atoms with van der Waals surface area (Å²) in [5.74, 6) is -0.370. The number of aliphatic hydroxyl groups is 1. The Kier molecular flexibility index (Phi) is 5.91.